The number of carbonyl (C=O) groups excluding carboxylic acids is 1. The second-order valence-corrected chi connectivity index (χ2v) is 7.52. The molecule has 2 rings (SSSR count). The van der Waals surface area contributed by atoms with Crippen LogP contribution in [0.2, 0.25) is 0 Å². The molecule has 1 saturated heterocycles. The molecular formula is C18H26F2N2O5. The third kappa shape index (κ3) is 5.74. The molecule has 7 nitrogen and oxygen atoms in total. The highest BCUT2D eigenvalue weighted by Gasteiger charge is 2.47. The maximum absolute atomic E-state index is 14.6. The average molecular weight is 388 g/mol. The summed E-state index contributed by atoms with van der Waals surface area (Å²) in [5.41, 5.74) is -0.245. The number of ether oxygens (including phenoxy) is 3. The second-order valence-electron chi connectivity index (χ2n) is 7.52. The van der Waals surface area contributed by atoms with Crippen molar-refractivity contribution in [1.82, 2.24) is 4.90 Å². The number of methoxy groups -OCH3 is 1. The Morgan fingerprint density at radius 1 is 1.44 bits per heavy atom. The highest BCUT2D eigenvalue weighted by molar-refractivity contribution is 5.68. The van der Waals surface area contributed by atoms with Gasteiger partial charge in [0, 0.05) is 38.8 Å². The smallest absolute Gasteiger partial charge is 0.410 e. The number of hydrogen-bond acceptors (Lipinski definition) is 5. The van der Waals surface area contributed by atoms with E-state index in [0.29, 0.717) is 4.73 Å². The molecule has 0 bridgehead atoms. The minimum absolute atomic E-state index is 0.0176. The number of halogens is 2. The van der Waals surface area contributed by atoms with Gasteiger partial charge in [-0.1, -0.05) is 0 Å². The van der Waals surface area contributed by atoms with E-state index < -0.39 is 30.0 Å². The monoisotopic (exact) mass is 388 g/mol. The number of nitrogens with zero attached hydrogens (tertiary/aromatic N) is 2. The Hall–Kier alpha value is -2.00. The van der Waals surface area contributed by atoms with Crippen LogP contribution >= 0.6 is 0 Å². The van der Waals surface area contributed by atoms with Gasteiger partial charge in [-0.2, -0.15) is 4.73 Å². The van der Waals surface area contributed by atoms with Crippen LogP contribution in [0.15, 0.2) is 18.3 Å². The molecule has 0 radical (unpaired) electrons. The number of pyridine rings is 1. The van der Waals surface area contributed by atoms with Crippen LogP contribution in [0, 0.1) is 5.21 Å². The van der Waals surface area contributed by atoms with Gasteiger partial charge in [-0.25, -0.2) is 13.6 Å². The fourth-order valence-electron chi connectivity index (χ4n) is 2.85. The minimum Gasteiger partial charge on any atom is -0.618 e. The Kier molecular flexibility index (Phi) is 6.59. The molecular weight excluding hydrogens is 362 g/mol. The summed E-state index contributed by atoms with van der Waals surface area (Å²) >= 11 is 0. The van der Waals surface area contributed by atoms with Gasteiger partial charge in [0.2, 0.25) is 5.69 Å². The van der Waals surface area contributed by atoms with E-state index >= 15 is 0 Å². The fraction of sp³-hybridized carbons (Fsp3) is 0.667. The van der Waals surface area contributed by atoms with Crippen molar-refractivity contribution in [2.45, 2.75) is 51.2 Å². The predicted octanol–water partition coefficient (Wildman–Crippen LogP) is 2.80. The molecule has 1 aromatic rings. The summed E-state index contributed by atoms with van der Waals surface area (Å²) in [6.45, 7) is 4.79. The number of amides is 1. The summed E-state index contributed by atoms with van der Waals surface area (Å²) in [5.74, 6) is -4.24. The van der Waals surface area contributed by atoms with Crippen LogP contribution < -0.4 is 4.73 Å². The standard InChI is InChI=1S/C18H26F2N2O5/c1-17(2,3)27-16(23)21-8-6-18(19,20)15(10-21)13-5-7-22(24)14(9-13)11-26-12-25-4/h5,7,9,15H,6,8,10-12H2,1-4H3. The average Bonchev–Trinajstić information content (AvgIpc) is 2.55. The van der Waals surface area contributed by atoms with E-state index in [9.17, 15) is 18.8 Å². The fourth-order valence-corrected chi connectivity index (χ4v) is 2.85. The van der Waals surface area contributed by atoms with E-state index in [-0.39, 0.29) is 37.7 Å². The lowest BCUT2D eigenvalue weighted by Gasteiger charge is -2.39. The molecule has 1 aliphatic rings. The summed E-state index contributed by atoms with van der Waals surface area (Å²) < 4.78 is 44.9. The summed E-state index contributed by atoms with van der Waals surface area (Å²) in [5, 5.41) is 11.9. The van der Waals surface area contributed by atoms with Crippen molar-refractivity contribution in [3.8, 4) is 0 Å². The topological polar surface area (TPSA) is 74.9 Å². The second kappa shape index (κ2) is 8.35. The zero-order valence-electron chi connectivity index (χ0n) is 16.0. The van der Waals surface area contributed by atoms with Crippen molar-refractivity contribution in [1.29, 1.82) is 0 Å². The maximum atomic E-state index is 14.6. The first kappa shape index (κ1) is 21.3. The van der Waals surface area contributed by atoms with Crippen molar-refractivity contribution in [3.05, 3.63) is 34.8 Å². The zero-order valence-corrected chi connectivity index (χ0v) is 16.0. The summed E-state index contributed by atoms with van der Waals surface area (Å²) in [7, 11) is 1.44. The molecule has 1 aliphatic heterocycles. The summed E-state index contributed by atoms with van der Waals surface area (Å²) in [6, 6.07) is 2.74. The first-order valence-corrected chi connectivity index (χ1v) is 8.68. The molecule has 1 atom stereocenters. The van der Waals surface area contributed by atoms with Crippen LogP contribution in [-0.2, 0) is 20.8 Å². The van der Waals surface area contributed by atoms with Crippen molar-refractivity contribution in [3.63, 3.8) is 0 Å². The summed E-state index contributed by atoms with van der Waals surface area (Å²) in [6.07, 6.45) is 0.0728. The van der Waals surface area contributed by atoms with Crippen molar-refractivity contribution >= 4 is 6.09 Å². The van der Waals surface area contributed by atoms with Crippen LogP contribution in [0.4, 0.5) is 13.6 Å². The van der Waals surface area contributed by atoms with Crippen molar-refractivity contribution < 1.29 is 32.5 Å². The molecule has 0 saturated carbocycles. The minimum atomic E-state index is -3.00. The Balaban J connectivity index is 2.20. The number of carbonyl (C=O) groups is 1. The highest BCUT2D eigenvalue weighted by atomic mass is 19.3. The number of rotatable bonds is 5. The van der Waals surface area contributed by atoms with Gasteiger partial charge in [-0.05, 0) is 26.3 Å². The Morgan fingerprint density at radius 2 is 2.15 bits per heavy atom. The Bertz CT molecular complexity index is 664. The van der Waals surface area contributed by atoms with Gasteiger partial charge in [-0.3, -0.25) is 0 Å². The van der Waals surface area contributed by atoms with E-state index in [4.69, 9.17) is 14.2 Å². The maximum Gasteiger partial charge on any atom is 0.410 e. The molecule has 152 valence electrons. The van der Waals surface area contributed by atoms with E-state index in [2.05, 4.69) is 0 Å². The van der Waals surface area contributed by atoms with Crippen molar-refractivity contribution in [2.75, 3.05) is 27.0 Å². The molecule has 0 spiro atoms. The van der Waals surface area contributed by atoms with E-state index in [1.807, 2.05) is 0 Å². The third-order valence-corrected chi connectivity index (χ3v) is 4.15. The Morgan fingerprint density at radius 3 is 2.78 bits per heavy atom. The molecule has 1 amide bonds. The molecule has 0 N–H and O–H groups in total. The largest absolute Gasteiger partial charge is 0.618 e. The van der Waals surface area contributed by atoms with Crippen LogP contribution in [0.25, 0.3) is 0 Å². The molecule has 1 unspecified atom stereocenters. The van der Waals surface area contributed by atoms with Gasteiger partial charge in [0.1, 0.15) is 19.0 Å². The highest BCUT2D eigenvalue weighted by Crippen LogP contribution is 2.40. The van der Waals surface area contributed by atoms with Gasteiger partial charge < -0.3 is 24.3 Å². The van der Waals surface area contributed by atoms with Gasteiger partial charge in [0.15, 0.2) is 6.20 Å². The first-order chi connectivity index (χ1) is 12.5. The number of piperidine rings is 1. The van der Waals surface area contributed by atoms with Crippen LogP contribution in [-0.4, -0.2) is 49.5 Å². The predicted molar refractivity (Wildman–Crippen MR) is 92.2 cm³/mol. The van der Waals surface area contributed by atoms with Gasteiger partial charge in [0.05, 0.1) is 5.92 Å². The molecule has 9 heteroatoms. The quantitative estimate of drug-likeness (QED) is 0.336. The number of alkyl halides is 2. The molecule has 1 fully saturated rings. The van der Waals surface area contributed by atoms with Crippen LogP contribution in [0.5, 0.6) is 0 Å². The van der Waals surface area contributed by atoms with Crippen LogP contribution in [0.3, 0.4) is 0 Å². The molecule has 27 heavy (non-hydrogen) atoms. The van der Waals surface area contributed by atoms with Gasteiger partial charge >= 0.3 is 6.09 Å². The number of hydrogen-bond donors (Lipinski definition) is 0. The van der Waals surface area contributed by atoms with Crippen LogP contribution in [0.1, 0.15) is 44.4 Å². The molecule has 0 aliphatic carbocycles. The number of likely N-dealkylation sites (tertiary alicyclic amines) is 1. The van der Waals surface area contributed by atoms with E-state index in [1.54, 1.807) is 20.8 Å². The lowest BCUT2D eigenvalue weighted by atomic mass is 9.87. The third-order valence-electron chi connectivity index (χ3n) is 4.15. The number of aromatic nitrogens is 1. The first-order valence-electron chi connectivity index (χ1n) is 8.68. The SMILES string of the molecule is COCOCc1cc(C2CN(C(=O)OC(C)(C)C)CCC2(F)F)cc[n+]1[O-]. The summed E-state index contributed by atoms with van der Waals surface area (Å²) in [4.78, 5) is 13.6. The van der Waals surface area contributed by atoms with E-state index in [1.165, 1.54) is 30.3 Å². The molecule has 2 heterocycles. The normalized spacial score (nSPS) is 19.8. The van der Waals surface area contributed by atoms with Gasteiger partial charge in [-0.15, -0.1) is 0 Å². The molecule has 1 aromatic heterocycles. The van der Waals surface area contributed by atoms with Crippen molar-refractivity contribution in [2.24, 2.45) is 0 Å². The molecule has 0 aromatic carbocycles. The van der Waals surface area contributed by atoms with Gasteiger partial charge in [0.25, 0.3) is 5.92 Å². The Labute approximate surface area is 157 Å². The lowest BCUT2D eigenvalue weighted by molar-refractivity contribution is -0.616. The zero-order chi connectivity index (χ0) is 20.2. The van der Waals surface area contributed by atoms with E-state index in [0.717, 1.165) is 0 Å². The lowest BCUT2D eigenvalue weighted by Crippen LogP contribution is -2.49.